The number of fused-ring (bicyclic) bond motifs is 1. The van der Waals surface area contributed by atoms with E-state index in [-0.39, 0.29) is 18.6 Å². The van der Waals surface area contributed by atoms with E-state index in [1.807, 2.05) is 13.0 Å². The summed E-state index contributed by atoms with van der Waals surface area (Å²) in [7, 11) is 0. The number of esters is 1. The minimum absolute atomic E-state index is 0.193. The first-order chi connectivity index (χ1) is 10.9. The quantitative estimate of drug-likeness (QED) is 0.830. The molecule has 0 aliphatic rings. The fourth-order valence-corrected chi connectivity index (χ4v) is 2.79. The van der Waals surface area contributed by atoms with Crippen LogP contribution in [0.1, 0.15) is 42.9 Å². The summed E-state index contributed by atoms with van der Waals surface area (Å²) in [4.78, 5) is 23.2. The molecular weight excluding hydrogens is 296 g/mol. The maximum absolute atomic E-state index is 12.3. The Kier molecular flexibility index (Phi) is 4.93. The average molecular weight is 318 g/mol. The Labute approximate surface area is 135 Å². The number of amides is 1. The van der Waals surface area contributed by atoms with Gasteiger partial charge in [-0.15, -0.1) is 0 Å². The van der Waals surface area contributed by atoms with Crippen molar-refractivity contribution >= 4 is 22.8 Å². The van der Waals surface area contributed by atoms with Crippen molar-refractivity contribution in [2.24, 2.45) is 5.73 Å². The van der Waals surface area contributed by atoms with E-state index in [2.05, 4.69) is 18.4 Å². The lowest BCUT2D eigenvalue weighted by molar-refractivity contribution is -0.119. The van der Waals surface area contributed by atoms with E-state index in [0.29, 0.717) is 17.9 Å². The smallest absolute Gasteiger partial charge is 0.340 e. The van der Waals surface area contributed by atoms with Crippen LogP contribution in [0, 0.1) is 6.92 Å². The summed E-state index contributed by atoms with van der Waals surface area (Å²) in [5.41, 5.74) is 7.40. The molecule has 1 aromatic carbocycles. The minimum atomic E-state index is -0.549. The molecule has 1 aromatic heterocycles. The molecule has 1 heterocycles. The molecule has 0 saturated heterocycles. The van der Waals surface area contributed by atoms with Gasteiger partial charge in [-0.3, -0.25) is 4.79 Å². The van der Waals surface area contributed by atoms with Crippen molar-refractivity contribution in [2.45, 2.75) is 33.7 Å². The van der Waals surface area contributed by atoms with Crippen LogP contribution >= 0.6 is 0 Å². The Morgan fingerprint density at radius 2 is 2.00 bits per heavy atom. The van der Waals surface area contributed by atoms with Crippen LogP contribution in [-0.2, 0) is 9.53 Å². The number of nitrogens with zero attached hydrogens (tertiary/aromatic N) is 1. The van der Waals surface area contributed by atoms with E-state index in [1.54, 1.807) is 19.1 Å². The van der Waals surface area contributed by atoms with Crippen LogP contribution in [0.4, 0.5) is 0 Å². The van der Waals surface area contributed by atoms with Crippen molar-refractivity contribution in [3.8, 4) is 5.75 Å². The molecule has 1 amide bonds. The predicted molar refractivity (Wildman–Crippen MR) is 87.7 cm³/mol. The molecule has 6 nitrogen and oxygen atoms in total. The Balaban J connectivity index is 2.60. The normalized spacial score (nSPS) is 11.0. The number of primary amides is 1. The van der Waals surface area contributed by atoms with Gasteiger partial charge in [0.05, 0.1) is 12.2 Å². The number of benzene rings is 1. The molecule has 2 N–H and O–H groups in total. The Morgan fingerprint density at radius 3 is 2.57 bits per heavy atom. The van der Waals surface area contributed by atoms with E-state index in [0.717, 1.165) is 16.6 Å². The van der Waals surface area contributed by atoms with E-state index in [9.17, 15) is 9.59 Å². The Hall–Kier alpha value is -2.50. The second-order valence-electron chi connectivity index (χ2n) is 5.58. The van der Waals surface area contributed by atoms with E-state index in [4.69, 9.17) is 15.2 Å². The fraction of sp³-hybridized carbons (Fsp3) is 0.412. The molecule has 0 radical (unpaired) electrons. The summed E-state index contributed by atoms with van der Waals surface area (Å²) >= 11 is 0. The van der Waals surface area contributed by atoms with Crippen molar-refractivity contribution in [3.05, 3.63) is 29.5 Å². The number of nitrogens with two attached hydrogens (primary N) is 1. The summed E-state index contributed by atoms with van der Waals surface area (Å²) in [6, 6.07) is 5.58. The van der Waals surface area contributed by atoms with Gasteiger partial charge in [0.15, 0.2) is 6.61 Å². The van der Waals surface area contributed by atoms with Gasteiger partial charge in [0.25, 0.3) is 5.91 Å². The van der Waals surface area contributed by atoms with Gasteiger partial charge in [0.1, 0.15) is 5.75 Å². The molecule has 0 aliphatic carbocycles. The van der Waals surface area contributed by atoms with Crippen LogP contribution in [0.25, 0.3) is 10.9 Å². The molecule has 0 unspecified atom stereocenters. The summed E-state index contributed by atoms with van der Waals surface area (Å²) in [6.07, 6.45) is 0. The number of aromatic nitrogens is 1. The molecule has 0 fully saturated rings. The van der Waals surface area contributed by atoms with Gasteiger partial charge >= 0.3 is 5.97 Å². The highest BCUT2D eigenvalue weighted by Gasteiger charge is 2.22. The third-order valence-corrected chi connectivity index (χ3v) is 3.60. The highest BCUT2D eigenvalue weighted by atomic mass is 16.5. The highest BCUT2D eigenvalue weighted by Crippen LogP contribution is 2.32. The molecule has 2 aromatic rings. The zero-order valence-corrected chi connectivity index (χ0v) is 13.9. The number of carbonyl (C=O) groups is 2. The summed E-state index contributed by atoms with van der Waals surface area (Å²) in [5.74, 6) is -0.421. The van der Waals surface area contributed by atoms with Gasteiger partial charge in [-0.1, -0.05) is 0 Å². The van der Waals surface area contributed by atoms with Crippen LogP contribution in [0.5, 0.6) is 5.75 Å². The van der Waals surface area contributed by atoms with Crippen LogP contribution in [0.15, 0.2) is 18.2 Å². The summed E-state index contributed by atoms with van der Waals surface area (Å²) < 4.78 is 12.6. The van der Waals surface area contributed by atoms with Gasteiger partial charge < -0.3 is 19.8 Å². The lowest BCUT2D eigenvalue weighted by Crippen LogP contribution is -2.19. The molecule has 2 rings (SSSR count). The highest BCUT2D eigenvalue weighted by molar-refractivity contribution is 6.06. The lowest BCUT2D eigenvalue weighted by Gasteiger charge is -2.12. The van der Waals surface area contributed by atoms with Crippen molar-refractivity contribution in [3.63, 3.8) is 0 Å². The molecule has 124 valence electrons. The third-order valence-electron chi connectivity index (χ3n) is 3.60. The number of rotatable bonds is 6. The first-order valence-electron chi connectivity index (χ1n) is 7.59. The SMILES string of the molecule is CCOC(=O)c1c(C)n(C(C)C)c2ccc(OCC(N)=O)cc12. The largest absolute Gasteiger partial charge is 0.484 e. The molecular formula is C17H22N2O4. The predicted octanol–water partition coefficient (Wildman–Crippen LogP) is 2.57. The lowest BCUT2D eigenvalue weighted by atomic mass is 10.1. The van der Waals surface area contributed by atoms with Crippen LogP contribution in [0.3, 0.4) is 0 Å². The molecule has 0 atom stereocenters. The number of carbonyl (C=O) groups excluding carboxylic acids is 2. The zero-order chi connectivity index (χ0) is 17.1. The van der Waals surface area contributed by atoms with Gasteiger partial charge in [0.2, 0.25) is 0 Å². The topological polar surface area (TPSA) is 83.6 Å². The van der Waals surface area contributed by atoms with E-state index in [1.165, 1.54) is 0 Å². The maximum Gasteiger partial charge on any atom is 0.340 e. The molecule has 0 saturated carbocycles. The first-order valence-corrected chi connectivity index (χ1v) is 7.59. The number of ether oxygens (including phenoxy) is 2. The third kappa shape index (κ3) is 3.31. The standard InChI is InChI=1S/C17H22N2O4/c1-5-22-17(21)16-11(4)19(10(2)3)14-7-6-12(8-13(14)16)23-9-15(18)20/h6-8,10H,5,9H2,1-4H3,(H2,18,20). The van der Waals surface area contributed by atoms with Gasteiger partial charge in [-0.05, 0) is 45.9 Å². The van der Waals surface area contributed by atoms with Gasteiger partial charge in [-0.25, -0.2) is 4.79 Å². The molecule has 6 heteroatoms. The van der Waals surface area contributed by atoms with Crippen molar-refractivity contribution in [1.29, 1.82) is 0 Å². The Morgan fingerprint density at radius 1 is 1.30 bits per heavy atom. The minimum Gasteiger partial charge on any atom is -0.484 e. The molecule has 0 bridgehead atoms. The number of hydrogen-bond acceptors (Lipinski definition) is 4. The van der Waals surface area contributed by atoms with Crippen LogP contribution < -0.4 is 10.5 Å². The van der Waals surface area contributed by atoms with Crippen LogP contribution in [-0.4, -0.2) is 29.7 Å². The van der Waals surface area contributed by atoms with E-state index >= 15 is 0 Å². The second kappa shape index (κ2) is 6.73. The summed E-state index contributed by atoms with van der Waals surface area (Å²) in [5, 5.41) is 0.747. The summed E-state index contributed by atoms with van der Waals surface area (Å²) in [6.45, 7) is 7.89. The zero-order valence-electron chi connectivity index (χ0n) is 13.9. The Bertz CT molecular complexity index is 747. The maximum atomic E-state index is 12.3. The fourth-order valence-electron chi connectivity index (χ4n) is 2.79. The van der Waals surface area contributed by atoms with E-state index < -0.39 is 5.91 Å². The van der Waals surface area contributed by atoms with Crippen molar-refractivity contribution in [1.82, 2.24) is 4.57 Å². The average Bonchev–Trinajstić information content (AvgIpc) is 2.76. The molecule has 0 aliphatic heterocycles. The van der Waals surface area contributed by atoms with Crippen molar-refractivity contribution in [2.75, 3.05) is 13.2 Å². The molecule has 0 spiro atoms. The molecule has 23 heavy (non-hydrogen) atoms. The first kappa shape index (κ1) is 16.9. The number of hydrogen-bond donors (Lipinski definition) is 1. The van der Waals surface area contributed by atoms with Crippen LogP contribution in [0.2, 0.25) is 0 Å². The monoisotopic (exact) mass is 318 g/mol. The van der Waals surface area contributed by atoms with Crippen molar-refractivity contribution < 1.29 is 19.1 Å². The van der Waals surface area contributed by atoms with Gasteiger partial charge in [0, 0.05) is 22.6 Å². The van der Waals surface area contributed by atoms with Gasteiger partial charge in [-0.2, -0.15) is 0 Å². The second-order valence-corrected chi connectivity index (χ2v) is 5.58.